The van der Waals surface area contributed by atoms with Crippen LogP contribution in [0.2, 0.25) is 0 Å². The molecule has 7 aromatic carbocycles. The number of likely N-dealkylation sites (N-methyl/N-ethyl adjacent to an activating group) is 2. The number of para-hydroxylation sites is 2. The fourth-order valence-electron chi connectivity index (χ4n) is 18.5. The lowest BCUT2D eigenvalue weighted by molar-refractivity contribution is 0.313. The molecule has 3 N–H and O–H groups in total. The lowest BCUT2D eigenvalue weighted by Crippen LogP contribution is -2.44. The first-order chi connectivity index (χ1) is 65.8. The van der Waals surface area contributed by atoms with Gasteiger partial charge in [-0.1, -0.05) is 48.5 Å². The van der Waals surface area contributed by atoms with E-state index in [4.69, 9.17) is 31.6 Å². The van der Waals surface area contributed by atoms with E-state index >= 15 is 0 Å². The number of benzene rings is 7. The van der Waals surface area contributed by atoms with Crippen LogP contribution in [-0.2, 0) is 14.1 Å². The van der Waals surface area contributed by atoms with Crippen LogP contribution in [-0.4, -0.2) is 197 Å². The Morgan fingerprint density at radius 2 is 0.719 bits per heavy atom. The Morgan fingerprint density at radius 3 is 1.12 bits per heavy atom. The van der Waals surface area contributed by atoms with Gasteiger partial charge in [0.25, 0.3) is 0 Å². The molecule has 0 radical (unpaired) electrons. The Morgan fingerprint density at radius 1 is 0.348 bits per heavy atom. The number of methoxy groups -OCH3 is 1. The van der Waals surface area contributed by atoms with Gasteiger partial charge in [0, 0.05) is 301 Å². The predicted octanol–water partition coefficient (Wildman–Crippen LogP) is 15.5. The average Bonchev–Trinajstić information content (AvgIpc) is 1.68. The maximum Gasteiger partial charge on any atom is 0.345 e. The van der Waals surface area contributed by atoms with Gasteiger partial charge >= 0.3 is 28.1 Å². The number of rotatable bonds is 13. The van der Waals surface area contributed by atoms with Crippen molar-refractivity contribution in [2.45, 2.75) is 20.8 Å². The first-order valence-electron chi connectivity index (χ1n) is 46.1. The largest absolute Gasteiger partial charge is 0.481 e. The number of piperazine rings is 5. The number of imidazole rings is 1. The van der Waals surface area contributed by atoms with E-state index in [9.17, 15) is 24.0 Å². The molecule has 18 aromatic rings. The van der Waals surface area contributed by atoms with E-state index in [0.717, 1.165) is 236 Å². The Hall–Kier alpha value is -14.9. The molecule has 0 unspecified atom stereocenters. The molecular weight excluding hydrogens is 1700 g/mol. The third kappa shape index (κ3) is 19.4. The zero-order chi connectivity index (χ0) is 92.9. The third-order valence-electron chi connectivity index (χ3n) is 25.9. The number of aryl methyl sites for hydroxylation is 4. The molecule has 16 heterocycles. The van der Waals surface area contributed by atoms with Crippen LogP contribution in [0, 0.1) is 13.8 Å². The number of anilines is 5. The van der Waals surface area contributed by atoms with Gasteiger partial charge in [-0.15, -0.1) is 0 Å². The van der Waals surface area contributed by atoms with Gasteiger partial charge in [0.15, 0.2) is 0 Å². The van der Waals surface area contributed by atoms with E-state index in [1.807, 2.05) is 201 Å². The molecule has 28 heteroatoms. The Bertz CT molecular complexity index is 7750. The SMILES string of the molecule is CCOc1ncccc1-c1cc2ccc(N3CCNCC3)cc2oc1=O.CN1CCN(c2ccc3cc(-c4cn(C)c5ccccc45)c(=O)oc3c2)CC1.COc1cccc(-c2cc3ccc(N4CCN(C)CC4)cc3oc2=O)n1.Cc1cc(C)c2nc(-c3cc4ccc(N5CCNCC5)cc4oc3=O)cn2c1.Cn1cc(-c2cc3ccc(N4CCNCC4)cc3oc2=O)c2ccccc21. The van der Waals surface area contributed by atoms with Gasteiger partial charge in [0.2, 0.25) is 11.8 Å². The minimum atomic E-state index is -0.395. The fraction of sp³-hybridized carbons (Fsp3) is 0.271. The van der Waals surface area contributed by atoms with E-state index < -0.39 is 5.63 Å². The molecule has 688 valence electrons. The highest BCUT2D eigenvalue weighted by Crippen LogP contribution is 2.37. The lowest BCUT2D eigenvalue weighted by Gasteiger charge is -2.34. The molecule has 0 spiro atoms. The van der Waals surface area contributed by atoms with Crippen LogP contribution in [0.3, 0.4) is 0 Å². The molecule has 5 aliphatic rings. The number of aromatic nitrogens is 6. The van der Waals surface area contributed by atoms with E-state index in [1.165, 1.54) is 0 Å². The third-order valence-corrected chi connectivity index (χ3v) is 25.9. The molecule has 0 saturated carbocycles. The summed E-state index contributed by atoms with van der Waals surface area (Å²) in [6.45, 7) is 26.0. The van der Waals surface area contributed by atoms with Gasteiger partial charge in [-0.25, -0.2) is 38.9 Å². The second kappa shape index (κ2) is 39.5. The summed E-state index contributed by atoms with van der Waals surface area (Å²) in [6.07, 6.45) is 9.56. The maximum atomic E-state index is 12.8. The summed E-state index contributed by atoms with van der Waals surface area (Å²) in [5.74, 6) is 0.909. The van der Waals surface area contributed by atoms with Crippen molar-refractivity contribution in [3.63, 3.8) is 0 Å². The smallest absolute Gasteiger partial charge is 0.345 e. The van der Waals surface area contributed by atoms with Crippen LogP contribution in [0.15, 0.2) is 283 Å². The first-order valence-corrected chi connectivity index (χ1v) is 46.1. The number of fused-ring (bicyclic) bond motifs is 8. The van der Waals surface area contributed by atoms with Gasteiger partial charge in [-0.2, -0.15) is 0 Å². The standard InChI is InChI=1S/C23H23N3O2.C22H22N4O2.C22H21N3O2.2C20H21N3O3/c1-24-9-11-26(12-10-24)17-8-7-16-13-19(23(27)28-22(16)14-17)20-15-25(2)21-6-4-3-5-18(20)21;1-14-9-15(2)21-24-19(13-26(21)12-14)18-10-16-3-4-17(11-20(16)28-22(18)27)25-7-5-23-6-8-25;1-24-14-19(17-4-2-3-5-20(17)24)18-12-15-6-7-16(13-21(15)27-22(18)26)25-10-8-23-9-11-25;1-22-8-10-23(11-9-22)15-7-6-14-12-16(20(24)26-18(14)13-15)17-4-3-5-19(21-17)25-2;1-2-25-19-16(4-3-7-22-19)17-12-14-5-6-15(13-18(14)26-20(17)24)23-10-8-21-9-11-23/h3-8,13-15H,9-12H2,1-2H3;3-4,9-13,23H,5-8H2,1-2H3;2-7,12-14,23H,8-11H2,1H3;3-7,12-13H,8-11H2,1-2H3;3-7,12-13,21H,2,8-11H2,1H3. The summed E-state index contributed by atoms with van der Waals surface area (Å²) >= 11 is 0. The van der Waals surface area contributed by atoms with Crippen molar-refractivity contribution in [1.29, 1.82) is 0 Å². The van der Waals surface area contributed by atoms with E-state index in [2.05, 4.69) is 134 Å². The molecule has 0 aliphatic carbocycles. The molecule has 5 saturated heterocycles. The number of hydrogen-bond donors (Lipinski definition) is 3. The van der Waals surface area contributed by atoms with Crippen molar-refractivity contribution >= 4 is 111 Å². The number of ether oxygens (including phenoxy) is 2. The number of nitrogens with one attached hydrogen (secondary N) is 3. The topological polar surface area (TPSA) is 281 Å². The lowest BCUT2D eigenvalue weighted by atomic mass is 10.0. The molecule has 28 nitrogen and oxygen atoms in total. The monoisotopic (exact) mass is 1810 g/mol. The van der Waals surface area contributed by atoms with Crippen molar-refractivity contribution in [3.8, 4) is 67.7 Å². The summed E-state index contributed by atoms with van der Waals surface area (Å²) in [4.78, 5) is 92.8. The summed E-state index contributed by atoms with van der Waals surface area (Å²) in [5, 5.41) is 16.7. The summed E-state index contributed by atoms with van der Waals surface area (Å²) in [7, 11) is 9.82. The first kappa shape index (κ1) is 89.3. The van der Waals surface area contributed by atoms with Crippen molar-refractivity contribution < 1.29 is 31.6 Å². The predicted molar refractivity (Wildman–Crippen MR) is 539 cm³/mol. The van der Waals surface area contributed by atoms with E-state index in [-0.39, 0.29) is 22.5 Å². The Kier molecular flexibility index (Phi) is 26.1. The maximum absolute atomic E-state index is 12.8. The van der Waals surface area contributed by atoms with Gasteiger partial charge in [0.05, 0.1) is 58.5 Å². The minimum Gasteiger partial charge on any atom is -0.481 e. The molecule has 135 heavy (non-hydrogen) atoms. The van der Waals surface area contributed by atoms with Gasteiger partial charge < -0.3 is 95.3 Å². The molecule has 5 aliphatic heterocycles. The Balaban J connectivity index is 0.000000108. The van der Waals surface area contributed by atoms with Crippen LogP contribution < -0.4 is 78.1 Å². The molecule has 23 rings (SSSR count). The molecule has 0 amide bonds. The second-order valence-electron chi connectivity index (χ2n) is 34.9. The fourth-order valence-corrected chi connectivity index (χ4v) is 18.5. The van der Waals surface area contributed by atoms with E-state index in [1.54, 1.807) is 37.6 Å². The van der Waals surface area contributed by atoms with Crippen molar-refractivity contribution in [1.82, 2.24) is 54.2 Å². The molecule has 11 aromatic heterocycles. The normalized spacial score (nSPS) is 15.1. The number of hydrogen-bond acceptors (Lipinski definition) is 25. The van der Waals surface area contributed by atoms with Crippen LogP contribution >= 0.6 is 0 Å². The van der Waals surface area contributed by atoms with Gasteiger partial charge in [0.1, 0.15) is 33.6 Å². The van der Waals surface area contributed by atoms with Crippen LogP contribution in [0.25, 0.3) is 138 Å². The van der Waals surface area contributed by atoms with Crippen molar-refractivity contribution in [2.75, 3.05) is 183 Å². The highest BCUT2D eigenvalue weighted by molar-refractivity contribution is 6.00. The summed E-state index contributed by atoms with van der Waals surface area (Å²) in [6, 6.07) is 67.1. The van der Waals surface area contributed by atoms with Gasteiger partial charge in [-0.3, -0.25) is 0 Å². The second-order valence-corrected chi connectivity index (χ2v) is 34.9. The quantitative estimate of drug-likeness (QED) is 0.0904. The van der Waals surface area contributed by atoms with Crippen molar-refractivity contribution in [2.24, 2.45) is 14.1 Å². The number of nitrogens with zero attached hydrogens (tertiary/aromatic N) is 13. The van der Waals surface area contributed by atoms with Crippen LogP contribution in [0.1, 0.15) is 18.1 Å². The highest BCUT2D eigenvalue weighted by Gasteiger charge is 2.25. The highest BCUT2D eigenvalue weighted by atomic mass is 16.5. The van der Waals surface area contributed by atoms with Crippen LogP contribution in [0.5, 0.6) is 11.8 Å². The zero-order valence-corrected chi connectivity index (χ0v) is 77.1. The molecular formula is C107H108N16O12. The van der Waals surface area contributed by atoms with Crippen LogP contribution in [0.4, 0.5) is 28.4 Å². The Labute approximate surface area is 778 Å². The van der Waals surface area contributed by atoms with Crippen molar-refractivity contribution in [3.05, 3.63) is 300 Å². The number of pyridine rings is 3. The molecule has 0 atom stereocenters. The van der Waals surface area contributed by atoms with Gasteiger partial charge in [-0.05, 0) is 167 Å². The summed E-state index contributed by atoms with van der Waals surface area (Å²) in [5.41, 5.74) is 18.4. The molecule has 5 fully saturated rings. The average molecular weight is 1810 g/mol. The zero-order valence-electron chi connectivity index (χ0n) is 77.1. The summed E-state index contributed by atoms with van der Waals surface area (Å²) < 4.78 is 45.2. The minimum absolute atomic E-state index is 0.292. The van der Waals surface area contributed by atoms with E-state index in [0.29, 0.717) is 91.1 Å². The molecule has 0 bridgehead atoms.